The Balaban J connectivity index is 1.95. The van der Waals surface area contributed by atoms with Gasteiger partial charge in [-0.15, -0.1) is 0 Å². The molecule has 0 saturated carbocycles. The minimum Gasteiger partial charge on any atom is -0.354 e. The first-order chi connectivity index (χ1) is 11.2. The molecule has 0 aliphatic carbocycles. The molecule has 4 nitrogen and oxygen atoms in total. The van der Waals surface area contributed by atoms with E-state index in [0.717, 1.165) is 17.7 Å². The number of amides is 2. The first-order valence-electron chi connectivity index (χ1n) is 7.96. The highest BCUT2D eigenvalue weighted by Gasteiger charge is 2.38. The van der Waals surface area contributed by atoms with E-state index in [9.17, 15) is 9.59 Å². The zero-order valence-electron chi connectivity index (χ0n) is 13.2. The van der Waals surface area contributed by atoms with E-state index in [2.05, 4.69) is 5.32 Å². The van der Waals surface area contributed by atoms with Gasteiger partial charge in [-0.25, -0.2) is 0 Å². The molecule has 0 bridgehead atoms. The molecule has 1 aliphatic rings. The summed E-state index contributed by atoms with van der Waals surface area (Å²) in [6.45, 7) is 2.63. The van der Waals surface area contributed by atoms with Crippen LogP contribution < -0.4 is 10.2 Å². The molecule has 4 heteroatoms. The summed E-state index contributed by atoms with van der Waals surface area (Å²) in [6, 6.07) is 16.4. The SMILES string of the molecule is CCCNC(=O)C1Cc2ccccc2N1C(=O)c1ccccc1. The number of anilines is 1. The van der Waals surface area contributed by atoms with Gasteiger partial charge in [-0.2, -0.15) is 0 Å². The average Bonchev–Trinajstić information content (AvgIpc) is 2.99. The predicted molar refractivity (Wildman–Crippen MR) is 90.5 cm³/mol. The molecule has 0 saturated heterocycles. The van der Waals surface area contributed by atoms with Gasteiger partial charge in [-0.05, 0) is 30.2 Å². The van der Waals surface area contributed by atoms with Gasteiger partial charge in [0.05, 0.1) is 0 Å². The number of para-hydroxylation sites is 1. The van der Waals surface area contributed by atoms with E-state index in [4.69, 9.17) is 0 Å². The summed E-state index contributed by atoms with van der Waals surface area (Å²) in [5.41, 5.74) is 2.46. The van der Waals surface area contributed by atoms with Crippen LogP contribution in [0.3, 0.4) is 0 Å². The lowest BCUT2D eigenvalue weighted by atomic mass is 10.1. The average molecular weight is 308 g/mol. The Morgan fingerprint density at radius 1 is 1.09 bits per heavy atom. The van der Waals surface area contributed by atoms with Crippen LogP contribution in [0.25, 0.3) is 0 Å². The van der Waals surface area contributed by atoms with E-state index in [1.807, 2.05) is 49.4 Å². The fourth-order valence-corrected chi connectivity index (χ4v) is 2.93. The number of fused-ring (bicyclic) bond motifs is 1. The van der Waals surface area contributed by atoms with Crippen molar-refractivity contribution < 1.29 is 9.59 Å². The summed E-state index contributed by atoms with van der Waals surface area (Å²) in [5.74, 6) is -0.223. The summed E-state index contributed by atoms with van der Waals surface area (Å²) in [6.07, 6.45) is 1.43. The van der Waals surface area contributed by atoms with Gasteiger partial charge in [-0.3, -0.25) is 14.5 Å². The number of hydrogen-bond donors (Lipinski definition) is 1. The fourth-order valence-electron chi connectivity index (χ4n) is 2.93. The van der Waals surface area contributed by atoms with Crippen LogP contribution in [-0.2, 0) is 11.2 Å². The van der Waals surface area contributed by atoms with Crippen molar-refractivity contribution in [3.05, 3.63) is 65.7 Å². The standard InChI is InChI=1S/C19H20N2O2/c1-2-12-20-18(22)17-13-15-10-6-7-11-16(15)21(17)19(23)14-8-4-3-5-9-14/h3-11,17H,2,12-13H2,1H3,(H,20,22). The van der Waals surface area contributed by atoms with Gasteiger partial charge in [0, 0.05) is 24.2 Å². The minimum atomic E-state index is -0.480. The van der Waals surface area contributed by atoms with Crippen molar-refractivity contribution in [1.29, 1.82) is 0 Å². The molecule has 3 rings (SSSR count). The zero-order valence-corrected chi connectivity index (χ0v) is 13.2. The molecule has 0 spiro atoms. The van der Waals surface area contributed by atoms with Crippen molar-refractivity contribution in [2.45, 2.75) is 25.8 Å². The van der Waals surface area contributed by atoms with Crippen LogP contribution in [0.5, 0.6) is 0 Å². The minimum absolute atomic E-state index is 0.0904. The lowest BCUT2D eigenvalue weighted by molar-refractivity contribution is -0.122. The number of rotatable bonds is 4. The van der Waals surface area contributed by atoms with E-state index < -0.39 is 6.04 Å². The van der Waals surface area contributed by atoms with E-state index >= 15 is 0 Å². The quantitative estimate of drug-likeness (QED) is 0.944. The molecule has 1 atom stereocenters. The van der Waals surface area contributed by atoms with E-state index in [0.29, 0.717) is 18.5 Å². The number of nitrogens with zero attached hydrogens (tertiary/aromatic N) is 1. The van der Waals surface area contributed by atoms with Crippen LogP contribution >= 0.6 is 0 Å². The van der Waals surface area contributed by atoms with E-state index in [1.54, 1.807) is 17.0 Å². The largest absolute Gasteiger partial charge is 0.354 e. The normalized spacial score (nSPS) is 16.0. The van der Waals surface area contributed by atoms with Crippen LogP contribution in [0, 0.1) is 0 Å². The second-order valence-electron chi connectivity index (χ2n) is 5.68. The Bertz CT molecular complexity index is 712. The summed E-state index contributed by atoms with van der Waals surface area (Å²) < 4.78 is 0. The summed E-state index contributed by atoms with van der Waals surface area (Å²) in [4.78, 5) is 27.1. The highest BCUT2D eigenvalue weighted by atomic mass is 16.2. The molecule has 1 unspecified atom stereocenters. The topological polar surface area (TPSA) is 49.4 Å². The van der Waals surface area contributed by atoms with Gasteiger partial charge in [-0.1, -0.05) is 43.3 Å². The van der Waals surface area contributed by atoms with Gasteiger partial charge in [0.1, 0.15) is 6.04 Å². The van der Waals surface area contributed by atoms with Crippen LogP contribution in [0.2, 0.25) is 0 Å². The lowest BCUT2D eigenvalue weighted by Crippen LogP contribution is -2.48. The van der Waals surface area contributed by atoms with Crippen LogP contribution in [0.15, 0.2) is 54.6 Å². The molecule has 2 aromatic rings. The molecule has 2 aromatic carbocycles. The molecule has 1 aliphatic heterocycles. The molecule has 2 amide bonds. The number of hydrogen-bond acceptors (Lipinski definition) is 2. The van der Waals surface area contributed by atoms with Crippen molar-refractivity contribution in [1.82, 2.24) is 5.32 Å². The smallest absolute Gasteiger partial charge is 0.259 e. The molecule has 0 fully saturated rings. The van der Waals surface area contributed by atoms with E-state index in [-0.39, 0.29) is 11.8 Å². The van der Waals surface area contributed by atoms with Gasteiger partial charge in [0.2, 0.25) is 5.91 Å². The van der Waals surface area contributed by atoms with Crippen molar-refractivity contribution in [3.63, 3.8) is 0 Å². The molecule has 0 aromatic heterocycles. The molecular weight excluding hydrogens is 288 g/mol. The summed E-state index contributed by atoms with van der Waals surface area (Å²) >= 11 is 0. The van der Waals surface area contributed by atoms with Crippen LogP contribution in [0.4, 0.5) is 5.69 Å². The highest BCUT2D eigenvalue weighted by molar-refractivity contribution is 6.11. The molecule has 1 N–H and O–H groups in total. The Morgan fingerprint density at radius 3 is 2.52 bits per heavy atom. The summed E-state index contributed by atoms with van der Waals surface area (Å²) in [5, 5.41) is 2.91. The van der Waals surface area contributed by atoms with Crippen molar-refractivity contribution in [2.24, 2.45) is 0 Å². The van der Waals surface area contributed by atoms with Gasteiger partial charge < -0.3 is 5.32 Å². The first-order valence-corrected chi connectivity index (χ1v) is 7.96. The second kappa shape index (κ2) is 6.65. The Kier molecular flexibility index (Phi) is 4.42. The Morgan fingerprint density at radius 2 is 1.78 bits per heavy atom. The predicted octanol–water partition coefficient (Wildman–Crippen LogP) is 2.78. The summed E-state index contributed by atoms with van der Waals surface area (Å²) in [7, 11) is 0. The maximum atomic E-state index is 12.9. The maximum Gasteiger partial charge on any atom is 0.259 e. The number of carbonyl (C=O) groups is 2. The zero-order chi connectivity index (χ0) is 16.2. The van der Waals surface area contributed by atoms with Gasteiger partial charge >= 0.3 is 0 Å². The number of carbonyl (C=O) groups excluding carboxylic acids is 2. The van der Waals surface area contributed by atoms with Crippen molar-refractivity contribution >= 4 is 17.5 Å². The second-order valence-corrected chi connectivity index (χ2v) is 5.68. The number of nitrogens with one attached hydrogen (secondary N) is 1. The molecule has 1 heterocycles. The van der Waals surface area contributed by atoms with Gasteiger partial charge in [0.15, 0.2) is 0 Å². The lowest BCUT2D eigenvalue weighted by Gasteiger charge is -2.25. The third-order valence-electron chi connectivity index (χ3n) is 4.07. The third kappa shape index (κ3) is 2.97. The van der Waals surface area contributed by atoms with Crippen LogP contribution in [0.1, 0.15) is 29.3 Å². The molecule has 118 valence electrons. The highest BCUT2D eigenvalue weighted by Crippen LogP contribution is 2.33. The van der Waals surface area contributed by atoms with Crippen molar-refractivity contribution in [2.75, 3.05) is 11.4 Å². The fraction of sp³-hybridized carbons (Fsp3) is 0.263. The third-order valence-corrected chi connectivity index (χ3v) is 4.07. The first kappa shape index (κ1) is 15.3. The molecule has 0 radical (unpaired) electrons. The molecular formula is C19H20N2O2. The van der Waals surface area contributed by atoms with Gasteiger partial charge in [0.25, 0.3) is 5.91 Å². The van der Waals surface area contributed by atoms with Crippen LogP contribution in [-0.4, -0.2) is 24.4 Å². The van der Waals surface area contributed by atoms with Crippen molar-refractivity contribution in [3.8, 4) is 0 Å². The monoisotopic (exact) mass is 308 g/mol. The number of benzene rings is 2. The Hall–Kier alpha value is -2.62. The Labute approximate surface area is 136 Å². The maximum absolute atomic E-state index is 12.9. The van der Waals surface area contributed by atoms with E-state index in [1.165, 1.54) is 0 Å². The molecule has 23 heavy (non-hydrogen) atoms.